The molecule has 0 aliphatic heterocycles. The molecule has 0 radical (unpaired) electrons. The van der Waals surface area contributed by atoms with Gasteiger partial charge in [-0.05, 0) is 34.7 Å². The first-order valence-corrected chi connectivity index (χ1v) is 11.2. The fourth-order valence-corrected chi connectivity index (χ4v) is 4.64. The topological polar surface area (TPSA) is 60.2 Å². The Morgan fingerprint density at radius 1 is 0.833 bits per heavy atom. The van der Waals surface area contributed by atoms with E-state index >= 15 is 0 Å². The summed E-state index contributed by atoms with van der Waals surface area (Å²) in [5.74, 6) is 0.387. The van der Waals surface area contributed by atoms with Crippen molar-refractivity contribution >= 4 is 34.5 Å². The van der Waals surface area contributed by atoms with E-state index in [2.05, 4.69) is 46.6 Å². The highest BCUT2D eigenvalue weighted by Crippen LogP contribution is 2.25. The van der Waals surface area contributed by atoms with Crippen LogP contribution >= 0.6 is 23.1 Å². The molecule has 0 unspecified atom stereocenters. The van der Waals surface area contributed by atoms with Gasteiger partial charge >= 0.3 is 0 Å². The van der Waals surface area contributed by atoms with Gasteiger partial charge in [-0.2, -0.15) is 9.61 Å². The molecule has 3 heterocycles. The second-order valence-corrected chi connectivity index (χ2v) is 8.49. The van der Waals surface area contributed by atoms with E-state index in [-0.39, 0.29) is 5.78 Å². The van der Waals surface area contributed by atoms with E-state index < -0.39 is 0 Å². The Balaban J connectivity index is 1.39. The van der Waals surface area contributed by atoms with Crippen LogP contribution in [0.3, 0.4) is 0 Å². The molecule has 0 aliphatic rings. The van der Waals surface area contributed by atoms with Gasteiger partial charge in [0.25, 0.3) is 0 Å². The van der Waals surface area contributed by atoms with Crippen LogP contribution in [0.2, 0.25) is 0 Å². The van der Waals surface area contributed by atoms with E-state index in [4.69, 9.17) is 5.10 Å². The fraction of sp³-hybridized carbons (Fsp3) is 0.0435. The maximum atomic E-state index is 12.3. The number of nitrogens with zero attached hydrogens (tertiary/aromatic N) is 4. The zero-order chi connectivity index (χ0) is 20.3. The molecule has 30 heavy (non-hydrogen) atoms. The summed E-state index contributed by atoms with van der Waals surface area (Å²) < 4.78 is 1.70. The minimum absolute atomic E-state index is 0.0828. The molecular formula is C23H16N4OS2. The van der Waals surface area contributed by atoms with Gasteiger partial charge in [0.1, 0.15) is 0 Å². The quantitative estimate of drug-likeness (QED) is 0.264. The first kappa shape index (κ1) is 18.7. The maximum absolute atomic E-state index is 12.3. The summed E-state index contributed by atoms with van der Waals surface area (Å²) in [6.45, 7) is 0. The van der Waals surface area contributed by atoms with Gasteiger partial charge in [-0.25, -0.2) is 0 Å². The molecule has 5 aromatic rings. The molecule has 3 aromatic heterocycles. The molecule has 0 amide bonds. The molecule has 5 rings (SSSR count). The minimum Gasteiger partial charge on any atom is -0.292 e. The zero-order valence-electron chi connectivity index (χ0n) is 15.8. The van der Waals surface area contributed by atoms with Gasteiger partial charge in [-0.3, -0.25) is 4.79 Å². The second-order valence-electron chi connectivity index (χ2n) is 6.60. The smallest absolute Gasteiger partial charge is 0.212 e. The Kier molecular flexibility index (Phi) is 5.13. The first-order chi connectivity index (χ1) is 14.8. The summed E-state index contributed by atoms with van der Waals surface area (Å²) in [7, 11) is 0. The fourth-order valence-electron chi connectivity index (χ4n) is 3.12. The van der Waals surface area contributed by atoms with Crippen molar-refractivity contribution in [3.8, 4) is 22.4 Å². The summed E-state index contributed by atoms with van der Waals surface area (Å²) in [5.41, 5.74) is 4.84. The Morgan fingerprint density at radius 3 is 2.37 bits per heavy atom. The van der Waals surface area contributed by atoms with Crippen LogP contribution in [0.4, 0.5) is 0 Å². The molecule has 0 saturated carbocycles. The van der Waals surface area contributed by atoms with Crippen molar-refractivity contribution in [1.82, 2.24) is 19.8 Å². The van der Waals surface area contributed by atoms with E-state index in [1.807, 2.05) is 47.8 Å². The normalized spacial score (nSPS) is 11.1. The van der Waals surface area contributed by atoms with Crippen molar-refractivity contribution in [2.45, 2.75) is 5.16 Å². The van der Waals surface area contributed by atoms with E-state index in [9.17, 15) is 4.79 Å². The van der Waals surface area contributed by atoms with E-state index in [0.29, 0.717) is 16.6 Å². The lowest BCUT2D eigenvalue weighted by Gasteiger charge is -2.05. The highest BCUT2D eigenvalue weighted by atomic mass is 32.2. The van der Waals surface area contributed by atoms with Gasteiger partial charge in [-0.1, -0.05) is 72.4 Å². The Labute approximate surface area is 181 Å². The van der Waals surface area contributed by atoms with Gasteiger partial charge in [0, 0.05) is 5.56 Å². The van der Waals surface area contributed by atoms with Crippen LogP contribution in [0.25, 0.3) is 28.0 Å². The highest BCUT2D eigenvalue weighted by Gasteiger charge is 2.13. The monoisotopic (exact) mass is 428 g/mol. The number of benzene rings is 2. The third-order valence-corrected chi connectivity index (χ3v) is 6.48. The SMILES string of the molecule is O=C(CSc1nnc2ccc(-c3ccc(-c4ccccc4)cc3)nn12)c1cccs1. The second kappa shape index (κ2) is 8.22. The average Bonchev–Trinajstić information content (AvgIpc) is 3.48. The van der Waals surface area contributed by atoms with Crippen molar-refractivity contribution in [2.75, 3.05) is 5.75 Å². The number of thioether (sulfide) groups is 1. The molecule has 0 bridgehead atoms. The number of thiophene rings is 1. The van der Waals surface area contributed by atoms with Gasteiger partial charge in [0.15, 0.2) is 11.4 Å². The minimum atomic E-state index is 0.0828. The number of carbonyl (C=O) groups excluding carboxylic acids is 1. The van der Waals surface area contributed by atoms with Gasteiger partial charge in [0.2, 0.25) is 5.16 Å². The molecule has 0 atom stereocenters. The lowest BCUT2D eigenvalue weighted by molar-refractivity contribution is 0.102. The van der Waals surface area contributed by atoms with Crippen LogP contribution in [-0.4, -0.2) is 31.3 Å². The molecule has 146 valence electrons. The van der Waals surface area contributed by atoms with Crippen LogP contribution < -0.4 is 0 Å². The number of rotatable bonds is 6. The first-order valence-electron chi connectivity index (χ1n) is 9.36. The van der Waals surface area contributed by atoms with Crippen LogP contribution in [-0.2, 0) is 0 Å². The van der Waals surface area contributed by atoms with Gasteiger partial charge in [-0.15, -0.1) is 21.5 Å². The predicted octanol–water partition coefficient (Wildman–Crippen LogP) is 5.49. The molecule has 0 fully saturated rings. The zero-order valence-corrected chi connectivity index (χ0v) is 17.4. The molecule has 0 saturated heterocycles. The van der Waals surface area contributed by atoms with E-state index in [1.165, 1.54) is 28.7 Å². The number of ketones is 1. The van der Waals surface area contributed by atoms with E-state index in [0.717, 1.165) is 21.7 Å². The molecule has 0 N–H and O–H groups in total. The number of hydrogen-bond acceptors (Lipinski definition) is 6. The standard InChI is InChI=1S/C23H16N4OS2/c28-20(21-7-4-14-29-21)15-30-23-25-24-22-13-12-19(26-27(22)23)18-10-8-17(9-11-18)16-5-2-1-3-6-16/h1-14H,15H2. The van der Waals surface area contributed by atoms with Crippen molar-refractivity contribution in [1.29, 1.82) is 0 Å². The van der Waals surface area contributed by atoms with E-state index in [1.54, 1.807) is 4.52 Å². The number of carbonyl (C=O) groups is 1. The highest BCUT2D eigenvalue weighted by molar-refractivity contribution is 7.99. The van der Waals surface area contributed by atoms with Crippen molar-refractivity contribution in [3.05, 3.63) is 89.1 Å². The largest absolute Gasteiger partial charge is 0.292 e. The Bertz CT molecular complexity index is 1300. The van der Waals surface area contributed by atoms with Crippen LogP contribution in [0.5, 0.6) is 0 Å². The van der Waals surface area contributed by atoms with Crippen molar-refractivity contribution in [3.63, 3.8) is 0 Å². The maximum Gasteiger partial charge on any atom is 0.212 e. The third kappa shape index (κ3) is 3.77. The number of fused-ring (bicyclic) bond motifs is 1. The molecule has 5 nitrogen and oxygen atoms in total. The van der Waals surface area contributed by atoms with Crippen LogP contribution in [0.15, 0.2) is 89.4 Å². The van der Waals surface area contributed by atoms with Gasteiger partial charge < -0.3 is 0 Å². The summed E-state index contributed by atoms with van der Waals surface area (Å²) in [4.78, 5) is 13.0. The number of Topliss-reactive ketones (excluding diaryl/α,β-unsaturated/α-hetero) is 1. The summed E-state index contributed by atoms with van der Waals surface area (Å²) >= 11 is 2.80. The lowest BCUT2D eigenvalue weighted by atomic mass is 10.0. The van der Waals surface area contributed by atoms with Gasteiger partial charge in [0.05, 0.1) is 16.3 Å². The summed E-state index contributed by atoms with van der Waals surface area (Å²) in [6.07, 6.45) is 0. The van der Waals surface area contributed by atoms with Crippen LogP contribution in [0, 0.1) is 0 Å². The number of hydrogen-bond donors (Lipinski definition) is 0. The average molecular weight is 429 g/mol. The lowest BCUT2D eigenvalue weighted by Crippen LogP contribution is -2.02. The third-order valence-electron chi connectivity index (χ3n) is 4.65. The predicted molar refractivity (Wildman–Crippen MR) is 121 cm³/mol. The molecule has 0 aliphatic carbocycles. The Morgan fingerprint density at radius 2 is 1.60 bits per heavy atom. The molecular weight excluding hydrogens is 412 g/mol. The Hall–Kier alpha value is -3.29. The number of aromatic nitrogens is 4. The molecule has 2 aromatic carbocycles. The van der Waals surface area contributed by atoms with Crippen molar-refractivity contribution in [2.24, 2.45) is 0 Å². The molecule has 7 heteroatoms. The van der Waals surface area contributed by atoms with Crippen LogP contribution in [0.1, 0.15) is 9.67 Å². The summed E-state index contributed by atoms with van der Waals surface area (Å²) in [6, 6.07) is 26.1. The molecule has 0 spiro atoms. The summed E-state index contributed by atoms with van der Waals surface area (Å²) in [5, 5.41) is 15.6. The van der Waals surface area contributed by atoms with Crippen molar-refractivity contribution < 1.29 is 4.79 Å².